The summed E-state index contributed by atoms with van der Waals surface area (Å²) in [7, 11) is -3.54. The lowest BCUT2D eigenvalue weighted by molar-refractivity contribution is 0.101. The molecule has 0 radical (unpaired) electrons. The van der Waals surface area contributed by atoms with Crippen LogP contribution >= 0.6 is 0 Å². The molecule has 0 amide bonds. The molecular weight excluding hydrogens is 290 g/mol. The minimum Gasteiger partial charge on any atom is -0.392 e. The van der Waals surface area contributed by atoms with E-state index in [4.69, 9.17) is 0 Å². The van der Waals surface area contributed by atoms with E-state index in [1.165, 1.54) is 0 Å². The first-order valence-corrected chi connectivity index (χ1v) is 8.51. The summed E-state index contributed by atoms with van der Waals surface area (Å²) >= 11 is 0. The van der Waals surface area contributed by atoms with Gasteiger partial charge in [0, 0.05) is 38.3 Å². The van der Waals surface area contributed by atoms with Crippen LogP contribution in [0.2, 0.25) is 0 Å². The summed E-state index contributed by atoms with van der Waals surface area (Å²) in [5.74, 6) is 0.558. The molecule has 0 aliphatic carbocycles. The van der Waals surface area contributed by atoms with Crippen LogP contribution in [0, 0.1) is 0 Å². The van der Waals surface area contributed by atoms with Crippen molar-refractivity contribution in [2.24, 2.45) is 4.40 Å². The molecule has 1 fully saturated rings. The third-order valence-corrected chi connectivity index (χ3v) is 5.13. The van der Waals surface area contributed by atoms with Gasteiger partial charge in [-0.1, -0.05) is 12.1 Å². The van der Waals surface area contributed by atoms with Gasteiger partial charge in [0.2, 0.25) is 0 Å². The number of aliphatic hydroxyl groups is 1. The molecule has 0 bridgehead atoms. The van der Waals surface area contributed by atoms with Crippen molar-refractivity contribution in [1.82, 2.24) is 9.80 Å². The number of piperazine rings is 1. The van der Waals surface area contributed by atoms with E-state index in [0.717, 1.165) is 26.2 Å². The van der Waals surface area contributed by atoms with Crippen molar-refractivity contribution in [2.45, 2.75) is 17.9 Å². The maximum Gasteiger partial charge on any atom is 0.285 e. The molecule has 2 aliphatic rings. The summed E-state index contributed by atoms with van der Waals surface area (Å²) in [5.41, 5.74) is 0.696. The quantitative estimate of drug-likeness (QED) is 0.841. The molecule has 1 saturated heterocycles. The highest BCUT2D eigenvalue weighted by Gasteiger charge is 2.32. The Morgan fingerprint density at radius 1 is 1.24 bits per heavy atom. The Hall–Kier alpha value is -1.44. The smallest absolute Gasteiger partial charge is 0.285 e. The highest BCUT2D eigenvalue weighted by Crippen LogP contribution is 2.27. The van der Waals surface area contributed by atoms with Gasteiger partial charge in [0.25, 0.3) is 10.0 Å². The number of nitrogens with zero attached hydrogens (tertiary/aromatic N) is 3. The summed E-state index contributed by atoms with van der Waals surface area (Å²) in [6, 6.07) is 6.96. The van der Waals surface area contributed by atoms with Crippen LogP contribution in [0.1, 0.15) is 12.5 Å². The molecule has 1 N–H and O–H groups in total. The molecule has 0 spiro atoms. The lowest BCUT2D eigenvalue weighted by Gasteiger charge is -2.36. The van der Waals surface area contributed by atoms with Gasteiger partial charge in [0.1, 0.15) is 4.90 Å². The van der Waals surface area contributed by atoms with Gasteiger partial charge in [-0.05, 0) is 19.1 Å². The molecule has 0 aromatic heterocycles. The average molecular weight is 309 g/mol. The number of benzene rings is 1. The van der Waals surface area contributed by atoms with Gasteiger partial charge in [-0.2, -0.15) is 8.42 Å². The van der Waals surface area contributed by atoms with Crippen molar-refractivity contribution in [3.63, 3.8) is 0 Å². The zero-order valence-corrected chi connectivity index (χ0v) is 12.8. The van der Waals surface area contributed by atoms with Crippen LogP contribution in [-0.4, -0.2) is 68.0 Å². The number of β-amino-alcohol motifs (C(OH)–C–C–N with tert-alkyl or cyclic N) is 1. The van der Waals surface area contributed by atoms with Crippen molar-refractivity contribution in [2.75, 3.05) is 32.7 Å². The van der Waals surface area contributed by atoms with E-state index >= 15 is 0 Å². The molecule has 0 saturated carbocycles. The van der Waals surface area contributed by atoms with E-state index in [2.05, 4.69) is 9.30 Å². The highest BCUT2D eigenvalue weighted by molar-refractivity contribution is 7.90. The van der Waals surface area contributed by atoms with Crippen molar-refractivity contribution in [3.05, 3.63) is 29.8 Å². The molecule has 2 heterocycles. The Morgan fingerprint density at radius 2 is 1.90 bits per heavy atom. The average Bonchev–Trinajstić information content (AvgIpc) is 2.72. The van der Waals surface area contributed by atoms with E-state index in [1.807, 2.05) is 11.0 Å². The number of aliphatic hydroxyl groups excluding tert-OH is 1. The fourth-order valence-corrected chi connectivity index (χ4v) is 4.06. The van der Waals surface area contributed by atoms with Gasteiger partial charge in [0.15, 0.2) is 5.84 Å². The first-order chi connectivity index (χ1) is 9.97. The molecule has 2 aliphatic heterocycles. The minimum atomic E-state index is -3.54. The van der Waals surface area contributed by atoms with Crippen molar-refractivity contribution in [1.29, 1.82) is 0 Å². The summed E-state index contributed by atoms with van der Waals surface area (Å²) in [6.45, 7) is 5.45. The zero-order valence-electron chi connectivity index (χ0n) is 11.9. The summed E-state index contributed by atoms with van der Waals surface area (Å²) in [4.78, 5) is 4.49. The normalized spacial score (nSPS) is 22.8. The molecular formula is C14H19N3O3S. The fourth-order valence-electron chi connectivity index (χ4n) is 2.83. The monoisotopic (exact) mass is 309 g/mol. The lowest BCUT2D eigenvalue weighted by atomic mass is 10.1. The second kappa shape index (κ2) is 5.40. The third-order valence-electron chi connectivity index (χ3n) is 3.81. The van der Waals surface area contributed by atoms with Crippen molar-refractivity contribution < 1.29 is 13.5 Å². The van der Waals surface area contributed by atoms with E-state index < -0.39 is 10.0 Å². The summed E-state index contributed by atoms with van der Waals surface area (Å²) < 4.78 is 28.1. The molecule has 114 valence electrons. The standard InChI is InChI=1S/C14H19N3O3S/c1-11(18)10-16-6-8-17(9-7-16)14-12-4-2-3-5-13(12)21(19,20)15-14/h2-5,11,18H,6-10H2,1H3/t11-/m0/s1. The van der Waals surface area contributed by atoms with E-state index in [-0.39, 0.29) is 6.10 Å². The van der Waals surface area contributed by atoms with Crippen LogP contribution in [0.25, 0.3) is 0 Å². The maximum absolute atomic E-state index is 12.1. The molecule has 21 heavy (non-hydrogen) atoms. The molecule has 7 heteroatoms. The Kier molecular flexibility index (Phi) is 3.73. The minimum absolute atomic E-state index is 0.298. The van der Waals surface area contributed by atoms with E-state index in [1.54, 1.807) is 25.1 Å². The van der Waals surface area contributed by atoms with Gasteiger partial charge in [-0.25, -0.2) is 0 Å². The predicted molar refractivity (Wildman–Crippen MR) is 79.9 cm³/mol. The number of sulfonamides is 1. The van der Waals surface area contributed by atoms with E-state index in [9.17, 15) is 13.5 Å². The first kappa shape index (κ1) is 14.5. The second-order valence-corrected chi connectivity index (χ2v) is 7.10. The lowest BCUT2D eigenvalue weighted by Crippen LogP contribution is -2.50. The SMILES string of the molecule is C[C@H](O)CN1CCN(C2=NS(=O)(=O)c3ccccc32)CC1. The molecule has 6 nitrogen and oxygen atoms in total. The number of rotatable bonds is 2. The first-order valence-electron chi connectivity index (χ1n) is 7.07. The van der Waals surface area contributed by atoms with Crippen LogP contribution in [-0.2, 0) is 10.0 Å². The van der Waals surface area contributed by atoms with Gasteiger partial charge in [0.05, 0.1) is 6.10 Å². The van der Waals surface area contributed by atoms with Gasteiger partial charge < -0.3 is 10.0 Å². The van der Waals surface area contributed by atoms with Gasteiger partial charge in [-0.3, -0.25) is 4.90 Å². The molecule has 1 aromatic rings. The maximum atomic E-state index is 12.1. The Bertz CT molecular complexity index is 662. The second-order valence-electron chi connectivity index (χ2n) is 5.52. The van der Waals surface area contributed by atoms with Crippen LogP contribution in [0.5, 0.6) is 0 Å². The molecule has 0 unspecified atom stereocenters. The van der Waals surface area contributed by atoms with Crippen molar-refractivity contribution >= 4 is 15.9 Å². The molecule has 1 atom stereocenters. The largest absolute Gasteiger partial charge is 0.392 e. The van der Waals surface area contributed by atoms with Crippen LogP contribution < -0.4 is 0 Å². The third kappa shape index (κ3) is 2.81. The topological polar surface area (TPSA) is 73.2 Å². The summed E-state index contributed by atoms with van der Waals surface area (Å²) in [5, 5.41) is 9.42. The zero-order chi connectivity index (χ0) is 15.0. The Balaban J connectivity index is 1.78. The van der Waals surface area contributed by atoms with Crippen molar-refractivity contribution in [3.8, 4) is 0 Å². The van der Waals surface area contributed by atoms with Gasteiger partial charge >= 0.3 is 0 Å². The van der Waals surface area contributed by atoms with E-state index in [0.29, 0.717) is 22.8 Å². The van der Waals surface area contributed by atoms with Gasteiger partial charge in [-0.15, -0.1) is 4.40 Å². The Morgan fingerprint density at radius 3 is 2.57 bits per heavy atom. The van der Waals surface area contributed by atoms with Crippen LogP contribution in [0.3, 0.4) is 0 Å². The van der Waals surface area contributed by atoms with Crippen LogP contribution in [0.15, 0.2) is 33.6 Å². The molecule has 1 aromatic carbocycles. The number of amidine groups is 1. The predicted octanol–water partition coefficient (Wildman–Crippen LogP) is 0.134. The molecule has 3 rings (SSSR count). The number of hydrogen-bond donors (Lipinski definition) is 1. The Labute approximate surface area is 124 Å². The summed E-state index contributed by atoms with van der Waals surface area (Å²) in [6.07, 6.45) is -0.346. The fraction of sp³-hybridized carbons (Fsp3) is 0.500. The van der Waals surface area contributed by atoms with Crippen LogP contribution in [0.4, 0.5) is 0 Å². The number of fused-ring (bicyclic) bond motifs is 1. The number of hydrogen-bond acceptors (Lipinski definition) is 5. The highest BCUT2D eigenvalue weighted by atomic mass is 32.2.